The van der Waals surface area contributed by atoms with E-state index in [-0.39, 0.29) is 0 Å². The van der Waals surface area contributed by atoms with E-state index in [0.717, 1.165) is 35.3 Å². The molecule has 1 N–H and O–H groups in total. The average Bonchev–Trinajstić information content (AvgIpc) is 3.07. The Morgan fingerprint density at radius 1 is 1.15 bits per heavy atom. The molecule has 0 bridgehead atoms. The van der Waals surface area contributed by atoms with E-state index in [2.05, 4.69) is 56.0 Å². The first-order valence-electron chi connectivity index (χ1n) is 9.21. The fourth-order valence-electron chi connectivity index (χ4n) is 4.12. The van der Waals surface area contributed by atoms with Crippen LogP contribution in [0.5, 0.6) is 0 Å². The summed E-state index contributed by atoms with van der Waals surface area (Å²) in [5.74, 6) is 0.998. The van der Waals surface area contributed by atoms with Crippen molar-refractivity contribution < 1.29 is 0 Å². The zero-order chi connectivity index (χ0) is 17.5. The van der Waals surface area contributed by atoms with Gasteiger partial charge in [0.2, 0.25) is 0 Å². The standard InChI is InChI=1S/C21H21N5/c1-14-7-8-17-16(11-14)19-20(25-17)21(24-13-23-19)26-10-3-2-6-18(26)15-5-4-9-22-12-15/h4-5,7-9,11-13,18,25H,2-3,6,10H2,1H3. The third-order valence-corrected chi connectivity index (χ3v) is 5.36. The fraction of sp³-hybridized carbons (Fsp3) is 0.286. The Kier molecular flexibility index (Phi) is 3.59. The number of anilines is 1. The molecule has 0 spiro atoms. The first-order valence-corrected chi connectivity index (χ1v) is 9.21. The molecule has 0 aliphatic carbocycles. The van der Waals surface area contributed by atoms with Crippen molar-refractivity contribution in [2.24, 2.45) is 0 Å². The molecule has 3 aromatic heterocycles. The van der Waals surface area contributed by atoms with Crippen LogP contribution in [-0.4, -0.2) is 26.5 Å². The summed E-state index contributed by atoms with van der Waals surface area (Å²) in [6.45, 7) is 3.11. The second-order valence-electron chi connectivity index (χ2n) is 7.09. The molecule has 1 aliphatic heterocycles. The Bertz CT molecular complexity index is 1070. The van der Waals surface area contributed by atoms with Gasteiger partial charge in [-0.05, 0) is 49.9 Å². The van der Waals surface area contributed by atoms with E-state index < -0.39 is 0 Å². The third kappa shape index (κ3) is 2.43. The Morgan fingerprint density at radius 2 is 2.12 bits per heavy atom. The van der Waals surface area contributed by atoms with Crippen LogP contribution in [0.1, 0.15) is 36.4 Å². The van der Waals surface area contributed by atoms with Crippen molar-refractivity contribution >= 4 is 27.8 Å². The lowest BCUT2D eigenvalue weighted by atomic mass is 9.96. The van der Waals surface area contributed by atoms with Crippen LogP contribution in [0.4, 0.5) is 5.82 Å². The Hall–Kier alpha value is -2.95. The summed E-state index contributed by atoms with van der Waals surface area (Å²) >= 11 is 0. The molecule has 1 aromatic carbocycles. The van der Waals surface area contributed by atoms with Crippen LogP contribution in [0.2, 0.25) is 0 Å². The molecule has 0 radical (unpaired) electrons. The van der Waals surface area contributed by atoms with Crippen molar-refractivity contribution in [3.63, 3.8) is 0 Å². The predicted octanol–water partition coefficient (Wildman–Crippen LogP) is 4.55. The van der Waals surface area contributed by atoms with Gasteiger partial charge in [-0.1, -0.05) is 17.7 Å². The van der Waals surface area contributed by atoms with Crippen molar-refractivity contribution in [1.82, 2.24) is 19.9 Å². The summed E-state index contributed by atoms with van der Waals surface area (Å²) < 4.78 is 0. The molecule has 5 nitrogen and oxygen atoms in total. The molecule has 4 aromatic rings. The monoisotopic (exact) mass is 343 g/mol. The van der Waals surface area contributed by atoms with E-state index in [0.29, 0.717) is 6.04 Å². The number of aryl methyl sites for hydroxylation is 1. The molecule has 1 atom stereocenters. The molecule has 26 heavy (non-hydrogen) atoms. The summed E-state index contributed by atoms with van der Waals surface area (Å²) in [6, 6.07) is 10.9. The maximum absolute atomic E-state index is 4.69. The Balaban J connectivity index is 1.68. The van der Waals surface area contributed by atoms with Crippen molar-refractivity contribution in [1.29, 1.82) is 0 Å². The number of nitrogens with zero attached hydrogens (tertiary/aromatic N) is 4. The molecule has 1 aliphatic rings. The highest BCUT2D eigenvalue weighted by molar-refractivity contribution is 6.08. The van der Waals surface area contributed by atoms with E-state index >= 15 is 0 Å². The van der Waals surface area contributed by atoms with E-state index in [4.69, 9.17) is 0 Å². The Morgan fingerprint density at radius 3 is 3.00 bits per heavy atom. The van der Waals surface area contributed by atoms with Crippen molar-refractivity contribution in [2.45, 2.75) is 32.2 Å². The summed E-state index contributed by atoms with van der Waals surface area (Å²) in [5, 5.41) is 1.17. The van der Waals surface area contributed by atoms with Gasteiger partial charge in [0.05, 0.1) is 6.04 Å². The van der Waals surface area contributed by atoms with Gasteiger partial charge < -0.3 is 9.88 Å². The van der Waals surface area contributed by atoms with Crippen LogP contribution in [0.3, 0.4) is 0 Å². The van der Waals surface area contributed by atoms with Crippen LogP contribution in [0.15, 0.2) is 49.1 Å². The Labute approximate surface area is 152 Å². The highest BCUT2D eigenvalue weighted by atomic mass is 15.2. The topological polar surface area (TPSA) is 57.7 Å². The number of benzene rings is 1. The molecular formula is C21H21N5. The summed E-state index contributed by atoms with van der Waals surface area (Å²) in [4.78, 5) is 19.6. The van der Waals surface area contributed by atoms with Crippen molar-refractivity contribution in [2.75, 3.05) is 11.4 Å². The number of H-pyrrole nitrogens is 1. The van der Waals surface area contributed by atoms with Gasteiger partial charge in [0.15, 0.2) is 5.82 Å². The SMILES string of the molecule is Cc1ccc2[nH]c3c(N4CCCCC4c4cccnc4)ncnc3c2c1. The second-order valence-corrected chi connectivity index (χ2v) is 7.09. The minimum Gasteiger partial charge on any atom is -0.350 e. The maximum atomic E-state index is 4.69. The number of rotatable bonds is 2. The molecule has 130 valence electrons. The van der Waals surface area contributed by atoms with Gasteiger partial charge in [-0.15, -0.1) is 0 Å². The van der Waals surface area contributed by atoms with Crippen LogP contribution >= 0.6 is 0 Å². The molecule has 1 unspecified atom stereocenters. The molecule has 4 heterocycles. The van der Waals surface area contributed by atoms with E-state index in [1.54, 1.807) is 6.33 Å². The smallest absolute Gasteiger partial charge is 0.156 e. The van der Waals surface area contributed by atoms with Gasteiger partial charge in [0.1, 0.15) is 17.4 Å². The molecule has 1 saturated heterocycles. The molecule has 0 amide bonds. The lowest BCUT2D eigenvalue weighted by Crippen LogP contribution is -2.34. The quantitative estimate of drug-likeness (QED) is 0.580. The van der Waals surface area contributed by atoms with Gasteiger partial charge in [-0.25, -0.2) is 9.97 Å². The zero-order valence-corrected chi connectivity index (χ0v) is 14.8. The molecule has 0 saturated carbocycles. The fourth-order valence-corrected chi connectivity index (χ4v) is 4.12. The van der Waals surface area contributed by atoms with E-state index in [1.807, 2.05) is 18.5 Å². The van der Waals surface area contributed by atoms with Crippen molar-refractivity contribution in [3.05, 3.63) is 60.2 Å². The number of piperidine rings is 1. The van der Waals surface area contributed by atoms with Gasteiger partial charge in [0, 0.05) is 29.8 Å². The summed E-state index contributed by atoms with van der Waals surface area (Å²) in [5.41, 5.74) is 5.64. The number of hydrogen-bond acceptors (Lipinski definition) is 4. The molecule has 1 fully saturated rings. The normalized spacial score (nSPS) is 17.9. The minimum absolute atomic E-state index is 0.309. The molecular weight excluding hydrogens is 322 g/mol. The van der Waals surface area contributed by atoms with Gasteiger partial charge in [-0.2, -0.15) is 0 Å². The predicted molar refractivity (Wildman–Crippen MR) is 104 cm³/mol. The first-order chi connectivity index (χ1) is 12.8. The largest absolute Gasteiger partial charge is 0.350 e. The highest BCUT2D eigenvalue weighted by Gasteiger charge is 2.27. The van der Waals surface area contributed by atoms with Crippen LogP contribution in [0.25, 0.3) is 21.9 Å². The highest BCUT2D eigenvalue weighted by Crippen LogP contribution is 2.37. The second kappa shape index (κ2) is 6.09. The lowest BCUT2D eigenvalue weighted by Gasteiger charge is -2.36. The number of aromatic amines is 1. The van der Waals surface area contributed by atoms with Gasteiger partial charge in [0.25, 0.3) is 0 Å². The first kappa shape index (κ1) is 15.3. The van der Waals surface area contributed by atoms with Gasteiger partial charge >= 0.3 is 0 Å². The number of hydrogen-bond donors (Lipinski definition) is 1. The van der Waals surface area contributed by atoms with E-state index in [9.17, 15) is 0 Å². The molecule has 5 heteroatoms. The van der Waals surface area contributed by atoms with Crippen molar-refractivity contribution in [3.8, 4) is 0 Å². The van der Waals surface area contributed by atoms with Crippen LogP contribution in [-0.2, 0) is 0 Å². The number of nitrogens with one attached hydrogen (secondary N) is 1. The third-order valence-electron chi connectivity index (χ3n) is 5.36. The summed E-state index contributed by atoms with van der Waals surface area (Å²) in [6.07, 6.45) is 9.05. The average molecular weight is 343 g/mol. The van der Waals surface area contributed by atoms with Crippen LogP contribution in [0, 0.1) is 6.92 Å². The maximum Gasteiger partial charge on any atom is 0.156 e. The lowest BCUT2D eigenvalue weighted by molar-refractivity contribution is 0.469. The zero-order valence-electron chi connectivity index (χ0n) is 14.8. The van der Waals surface area contributed by atoms with E-state index in [1.165, 1.54) is 29.4 Å². The van der Waals surface area contributed by atoms with Gasteiger partial charge in [-0.3, -0.25) is 4.98 Å². The number of pyridine rings is 1. The number of fused-ring (bicyclic) bond motifs is 3. The summed E-state index contributed by atoms with van der Waals surface area (Å²) in [7, 11) is 0. The minimum atomic E-state index is 0.309. The molecule has 5 rings (SSSR count). The van der Waals surface area contributed by atoms with Crippen LogP contribution < -0.4 is 4.90 Å². The number of aromatic nitrogens is 4.